The normalized spacial score (nSPS) is 10.2. The molecule has 110 valence electrons. The number of nitrogen functional groups attached to an aromatic ring is 1. The highest BCUT2D eigenvalue weighted by Gasteiger charge is 2.09. The van der Waals surface area contributed by atoms with Crippen LogP contribution in [0, 0.1) is 11.6 Å². The Labute approximate surface area is 128 Å². The van der Waals surface area contributed by atoms with Gasteiger partial charge in [-0.25, -0.2) is 8.78 Å². The van der Waals surface area contributed by atoms with Gasteiger partial charge in [0.05, 0.1) is 11.4 Å². The molecule has 0 spiro atoms. The topological polar surface area (TPSA) is 64.3 Å². The lowest BCUT2D eigenvalue weighted by atomic mass is 10.2. The SMILES string of the molecule is Nc1ccc(F)cc1NC(=O)COc1ccc(Br)cc1F. The van der Waals surface area contributed by atoms with Gasteiger partial charge in [0.15, 0.2) is 18.2 Å². The fraction of sp³-hybridized carbons (Fsp3) is 0.0714. The maximum atomic E-state index is 13.5. The van der Waals surface area contributed by atoms with Gasteiger partial charge in [-0.1, -0.05) is 15.9 Å². The van der Waals surface area contributed by atoms with Crippen LogP contribution >= 0.6 is 15.9 Å². The van der Waals surface area contributed by atoms with Crippen LogP contribution in [0.1, 0.15) is 0 Å². The predicted octanol–water partition coefficient (Wildman–Crippen LogP) is 3.33. The molecule has 1 amide bonds. The second-order valence-corrected chi connectivity index (χ2v) is 5.06. The molecule has 0 aromatic heterocycles. The van der Waals surface area contributed by atoms with Crippen molar-refractivity contribution in [3.8, 4) is 5.75 Å². The molecule has 7 heteroatoms. The first-order valence-corrected chi connectivity index (χ1v) is 6.68. The fourth-order valence-electron chi connectivity index (χ4n) is 1.56. The van der Waals surface area contributed by atoms with E-state index in [-0.39, 0.29) is 17.1 Å². The van der Waals surface area contributed by atoms with E-state index in [1.54, 1.807) is 6.07 Å². The Bertz CT molecular complexity index is 680. The first kappa shape index (κ1) is 15.2. The van der Waals surface area contributed by atoms with Crippen LogP contribution in [0.15, 0.2) is 40.9 Å². The minimum atomic E-state index is -0.595. The Morgan fingerprint density at radius 1 is 1.24 bits per heavy atom. The summed E-state index contributed by atoms with van der Waals surface area (Å²) < 4.78 is 32.1. The molecule has 0 aliphatic carbocycles. The number of rotatable bonds is 4. The van der Waals surface area contributed by atoms with Crippen molar-refractivity contribution in [1.29, 1.82) is 0 Å². The summed E-state index contributed by atoms with van der Waals surface area (Å²) in [7, 11) is 0. The smallest absolute Gasteiger partial charge is 0.262 e. The molecule has 2 aromatic carbocycles. The van der Waals surface area contributed by atoms with Crippen LogP contribution in [0.5, 0.6) is 5.75 Å². The van der Waals surface area contributed by atoms with E-state index in [0.29, 0.717) is 4.47 Å². The number of benzene rings is 2. The van der Waals surface area contributed by atoms with Crippen LogP contribution in [0.2, 0.25) is 0 Å². The molecular weight excluding hydrogens is 346 g/mol. The lowest BCUT2D eigenvalue weighted by Crippen LogP contribution is -2.21. The highest BCUT2D eigenvalue weighted by molar-refractivity contribution is 9.10. The quantitative estimate of drug-likeness (QED) is 0.825. The summed E-state index contributed by atoms with van der Waals surface area (Å²) in [5, 5.41) is 2.39. The molecule has 0 unspecified atom stereocenters. The van der Waals surface area contributed by atoms with Crippen LogP contribution in [0.3, 0.4) is 0 Å². The maximum absolute atomic E-state index is 13.5. The van der Waals surface area contributed by atoms with E-state index >= 15 is 0 Å². The summed E-state index contributed by atoms with van der Waals surface area (Å²) in [6.45, 7) is -0.422. The van der Waals surface area contributed by atoms with Gasteiger partial charge in [-0.2, -0.15) is 0 Å². The second-order valence-electron chi connectivity index (χ2n) is 4.14. The summed E-state index contributed by atoms with van der Waals surface area (Å²) in [5.74, 6) is -1.75. The van der Waals surface area contributed by atoms with E-state index in [0.717, 1.165) is 6.07 Å². The van der Waals surface area contributed by atoms with Crippen molar-refractivity contribution in [3.63, 3.8) is 0 Å². The molecule has 2 rings (SSSR count). The van der Waals surface area contributed by atoms with Crippen LogP contribution in [-0.4, -0.2) is 12.5 Å². The zero-order valence-corrected chi connectivity index (χ0v) is 12.3. The maximum Gasteiger partial charge on any atom is 0.262 e. The van der Waals surface area contributed by atoms with Gasteiger partial charge >= 0.3 is 0 Å². The van der Waals surface area contributed by atoms with Crippen molar-refractivity contribution in [3.05, 3.63) is 52.5 Å². The van der Waals surface area contributed by atoms with Crippen molar-refractivity contribution in [2.75, 3.05) is 17.7 Å². The van der Waals surface area contributed by atoms with Gasteiger partial charge in [0.2, 0.25) is 0 Å². The van der Waals surface area contributed by atoms with E-state index in [1.807, 2.05) is 0 Å². The number of amides is 1. The average molecular weight is 357 g/mol. The van der Waals surface area contributed by atoms with Crippen molar-refractivity contribution in [2.24, 2.45) is 0 Å². The third-order valence-electron chi connectivity index (χ3n) is 2.54. The van der Waals surface area contributed by atoms with Crippen molar-refractivity contribution >= 4 is 33.2 Å². The van der Waals surface area contributed by atoms with Crippen LogP contribution in [0.4, 0.5) is 20.2 Å². The number of ether oxygens (including phenoxy) is 1. The molecule has 0 aliphatic heterocycles. The minimum Gasteiger partial charge on any atom is -0.481 e. The van der Waals surface area contributed by atoms with Gasteiger partial charge in [-0.05, 0) is 36.4 Å². The van der Waals surface area contributed by atoms with Crippen LogP contribution in [0.25, 0.3) is 0 Å². The summed E-state index contributed by atoms with van der Waals surface area (Å²) >= 11 is 3.11. The number of anilines is 2. The Morgan fingerprint density at radius 2 is 2.00 bits per heavy atom. The molecule has 21 heavy (non-hydrogen) atoms. The highest BCUT2D eigenvalue weighted by Crippen LogP contribution is 2.22. The lowest BCUT2D eigenvalue weighted by Gasteiger charge is -2.10. The summed E-state index contributed by atoms with van der Waals surface area (Å²) in [5.41, 5.74) is 5.96. The number of nitrogens with one attached hydrogen (secondary N) is 1. The molecule has 0 atom stereocenters. The molecule has 0 saturated carbocycles. The number of hydrogen-bond donors (Lipinski definition) is 2. The van der Waals surface area contributed by atoms with Gasteiger partial charge < -0.3 is 15.8 Å². The number of carbonyl (C=O) groups excluding carboxylic acids is 1. The average Bonchev–Trinajstić information content (AvgIpc) is 2.42. The number of nitrogens with two attached hydrogens (primary N) is 1. The molecule has 0 bridgehead atoms. The summed E-state index contributed by atoms with van der Waals surface area (Å²) in [6, 6.07) is 7.80. The third-order valence-corrected chi connectivity index (χ3v) is 3.04. The predicted molar refractivity (Wildman–Crippen MR) is 79.0 cm³/mol. The third kappa shape index (κ3) is 4.16. The van der Waals surface area contributed by atoms with Crippen molar-refractivity contribution < 1.29 is 18.3 Å². The molecule has 4 nitrogen and oxygen atoms in total. The Hall–Kier alpha value is -2.15. The van der Waals surface area contributed by atoms with Crippen molar-refractivity contribution in [2.45, 2.75) is 0 Å². The summed E-state index contributed by atoms with van der Waals surface area (Å²) in [6.07, 6.45) is 0. The number of carbonyl (C=O) groups is 1. The summed E-state index contributed by atoms with van der Waals surface area (Å²) in [4.78, 5) is 11.7. The Kier molecular flexibility index (Phi) is 4.74. The van der Waals surface area contributed by atoms with Crippen LogP contribution in [-0.2, 0) is 4.79 Å². The largest absolute Gasteiger partial charge is 0.481 e. The molecule has 0 heterocycles. The van der Waals surface area contributed by atoms with E-state index in [2.05, 4.69) is 21.2 Å². The molecule has 0 aliphatic rings. The van der Waals surface area contributed by atoms with Gasteiger partial charge in [0.1, 0.15) is 5.82 Å². The van der Waals surface area contributed by atoms with Gasteiger partial charge in [0, 0.05) is 4.47 Å². The molecule has 0 fully saturated rings. The standard InChI is InChI=1S/C14H11BrF2N2O2/c15-8-1-4-13(10(17)5-8)21-7-14(20)19-12-6-9(16)2-3-11(12)18/h1-6H,7,18H2,(H,19,20). The minimum absolute atomic E-state index is 0.0550. The Morgan fingerprint density at radius 3 is 2.71 bits per heavy atom. The van der Waals surface area contributed by atoms with Crippen LogP contribution < -0.4 is 15.8 Å². The van der Waals surface area contributed by atoms with E-state index in [4.69, 9.17) is 10.5 Å². The number of hydrogen-bond acceptors (Lipinski definition) is 3. The van der Waals surface area contributed by atoms with E-state index in [9.17, 15) is 13.6 Å². The molecule has 3 N–H and O–H groups in total. The monoisotopic (exact) mass is 356 g/mol. The Balaban J connectivity index is 1.97. The first-order valence-electron chi connectivity index (χ1n) is 5.88. The zero-order valence-electron chi connectivity index (χ0n) is 10.7. The van der Waals surface area contributed by atoms with Gasteiger partial charge in [0.25, 0.3) is 5.91 Å². The zero-order chi connectivity index (χ0) is 15.4. The molecule has 2 aromatic rings. The molecule has 0 radical (unpaired) electrons. The van der Waals surface area contributed by atoms with E-state index in [1.165, 1.54) is 24.3 Å². The lowest BCUT2D eigenvalue weighted by molar-refractivity contribution is -0.118. The fourth-order valence-corrected chi connectivity index (χ4v) is 1.89. The van der Waals surface area contributed by atoms with Crippen molar-refractivity contribution in [1.82, 2.24) is 0 Å². The second kappa shape index (κ2) is 6.53. The molecule has 0 saturated heterocycles. The van der Waals surface area contributed by atoms with Gasteiger partial charge in [-0.3, -0.25) is 4.79 Å². The van der Waals surface area contributed by atoms with E-state index < -0.39 is 24.1 Å². The molecular formula is C14H11BrF2N2O2. The van der Waals surface area contributed by atoms with Gasteiger partial charge in [-0.15, -0.1) is 0 Å². The number of halogens is 3. The first-order chi connectivity index (χ1) is 9.95. The highest BCUT2D eigenvalue weighted by atomic mass is 79.9.